The molecule has 23 heavy (non-hydrogen) atoms. The number of methoxy groups -OCH3 is 1. The van der Waals surface area contributed by atoms with Crippen molar-refractivity contribution in [3.8, 4) is 11.5 Å². The van der Waals surface area contributed by atoms with Gasteiger partial charge in [-0.1, -0.05) is 19.1 Å². The molecule has 0 atom stereocenters. The third-order valence-corrected chi connectivity index (χ3v) is 4.17. The zero-order valence-electron chi connectivity index (χ0n) is 14.2. The lowest BCUT2D eigenvalue weighted by Gasteiger charge is -2.41. The van der Waals surface area contributed by atoms with Gasteiger partial charge in [0, 0.05) is 11.3 Å². The maximum Gasteiger partial charge on any atom is 0.161 e. The molecule has 5 heteroatoms. The van der Waals surface area contributed by atoms with Crippen LogP contribution in [0.2, 0.25) is 0 Å². The molecule has 0 amide bonds. The Kier molecular flexibility index (Phi) is 4.37. The second-order valence-electron chi connectivity index (χ2n) is 5.81. The first kappa shape index (κ1) is 15.6. The van der Waals surface area contributed by atoms with Crippen LogP contribution in [0.15, 0.2) is 24.3 Å². The average molecular weight is 313 g/mol. The van der Waals surface area contributed by atoms with Gasteiger partial charge in [-0.15, -0.1) is 0 Å². The van der Waals surface area contributed by atoms with Crippen molar-refractivity contribution in [2.75, 3.05) is 25.1 Å². The molecule has 1 aliphatic rings. The number of anilines is 1. The highest BCUT2D eigenvalue weighted by Crippen LogP contribution is 2.31. The molecule has 1 fully saturated rings. The van der Waals surface area contributed by atoms with Crippen molar-refractivity contribution in [2.45, 2.75) is 33.3 Å². The van der Waals surface area contributed by atoms with Gasteiger partial charge in [-0.25, -0.2) is 9.97 Å². The minimum Gasteiger partial charge on any atom is -0.493 e. The van der Waals surface area contributed by atoms with Gasteiger partial charge in [0.1, 0.15) is 17.7 Å². The largest absolute Gasteiger partial charge is 0.493 e. The molecule has 2 aromatic rings. The Morgan fingerprint density at radius 1 is 1.13 bits per heavy atom. The first-order valence-corrected chi connectivity index (χ1v) is 8.01. The Bertz CT molecular complexity index is 697. The summed E-state index contributed by atoms with van der Waals surface area (Å²) in [4.78, 5) is 11.4. The van der Waals surface area contributed by atoms with Crippen molar-refractivity contribution in [3.05, 3.63) is 41.3 Å². The molecule has 3 rings (SSSR count). The molecular weight excluding hydrogens is 290 g/mol. The van der Waals surface area contributed by atoms with Crippen LogP contribution in [-0.4, -0.2) is 36.3 Å². The summed E-state index contributed by atoms with van der Waals surface area (Å²) in [5, 5.41) is 0. The topological polar surface area (TPSA) is 47.5 Å². The smallest absolute Gasteiger partial charge is 0.161 e. The van der Waals surface area contributed by atoms with E-state index < -0.39 is 0 Å². The number of rotatable bonds is 5. The van der Waals surface area contributed by atoms with E-state index in [0.29, 0.717) is 0 Å². The Morgan fingerprint density at radius 3 is 2.48 bits per heavy atom. The summed E-state index contributed by atoms with van der Waals surface area (Å²) in [6, 6.07) is 7.76. The number of hydrogen-bond donors (Lipinski definition) is 0. The number of ether oxygens (including phenoxy) is 2. The van der Waals surface area contributed by atoms with Crippen LogP contribution >= 0.6 is 0 Å². The fraction of sp³-hybridized carbons (Fsp3) is 0.444. The van der Waals surface area contributed by atoms with Gasteiger partial charge in [0.15, 0.2) is 11.5 Å². The SMILES string of the molecule is CCc1c(C)nc(C)nc1N1CC(Oc2ccccc2OC)C1. The highest BCUT2D eigenvalue weighted by Gasteiger charge is 2.32. The molecule has 0 unspecified atom stereocenters. The molecule has 0 N–H and O–H groups in total. The van der Waals surface area contributed by atoms with Gasteiger partial charge in [0.05, 0.1) is 20.2 Å². The predicted octanol–water partition coefficient (Wildman–Crippen LogP) is 2.93. The molecule has 1 saturated heterocycles. The zero-order valence-corrected chi connectivity index (χ0v) is 14.2. The molecule has 1 aliphatic heterocycles. The maximum atomic E-state index is 6.05. The third kappa shape index (κ3) is 3.09. The number of nitrogens with zero attached hydrogens (tertiary/aromatic N) is 3. The molecule has 0 aliphatic carbocycles. The zero-order chi connectivity index (χ0) is 16.4. The molecule has 122 valence electrons. The van der Waals surface area contributed by atoms with Crippen molar-refractivity contribution in [1.29, 1.82) is 0 Å². The Balaban J connectivity index is 1.70. The van der Waals surface area contributed by atoms with Crippen LogP contribution in [0.25, 0.3) is 0 Å². The van der Waals surface area contributed by atoms with Gasteiger partial charge in [0.25, 0.3) is 0 Å². The highest BCUT2D eigenvalue weighted by atomic mass is 16.5. The predicted molar refractivity (Wildman–Crippen MR) is 90.5 cm³/mol. The first-order valence-electron chi connectivity index (χ1n) is 8.01. The average Bonchev–Trinajstić information content (AvgIpc) is 2.50. The Labute approximate surface area is 137 Å². The highest BCUT2D eigenvalue weighted by molar-refractivity contribution is 5.52. The summed E-state index contributed by atoms with van der Waals surface area (Å²) in [7, 11) is 1.66. The molecule has 2 heterocycles. The second-order valence-corrected chi connectivity index (χ2v) is 5.81. The third-order valence-electron chi connectivity index (χ3n) is 4.17. The fourth-order valence-electron chi connectivity index (χ4n) is 2.97. The van der Waals surface area contributed by atoms with Crippen molar-refractivity contribution >= 4 is 5.82 Å². The van der Waals surface area contributed by atoms with E-state index in [1.165, 1.54) is 5.56 Å². The van der Waals surface area contributed by atoms with Gasteiger partial charge < -0.3 is 14.4 Å². The van der Waals surface area contributed by atoms with E-state index in [4.69, 9.17) is 9.47 Å². The Morgan fingerprint density at radius 2 is 1.83 bits per heavy atom. The molecule has 1 aromatic carbocycles. The van der Waals surface area contributed by atoms with E-state index in [-0.39, 0.29) is 6.10 Å². The lowest BCUT2D eigenvalue weighted by atomic mass is 10.1. The number of para-hydroxylation sites is 2. The normalized spacial score (nSPS) is 14.5. The van der Waals surface area contributed by atoms with Crippen LogP contribution in [0.1, 0.15) is 24.0 Å². The fourth-order valence-corrected chi connectivity index (χ4v) is 2.97. The van der Waals surface area contributed by atoms with E-state index in [0.717, 1.165) is 48.3 Å². The Hall–Kier alpha value is -2.30. The summed E-state index contributed by atoms with van der Waals surface area (Å²) in [6.07, 6.45) is 1.10. The van der Waals surface area contributed by atoms with Crippen molar-refractivity contribution in [2.24, 2.45) is 0 Å². The van der Waals surface area contributed by atoms with E-state index in [2.05, 4.69) is 28.7 Å². The second kappa shape index (κ2) is 6.44. The van der Waals surface area contributed by atoms with Gasteiger partial charge in [-0.05, 0) is 32.4 Å². The van der Waals surface area contributed by atoms with Crippen LogP contribution in [0.3, 0.4) is 0 Å². The number of aryl methyl sites for hydroxylation is 2. The van der Waals surface area contributed by atoms with Gasteiger partial charge >= 0.3 is 0 Å². The minimum atomic E-state index is 0.159. The number of aromatic nitrogens is 2. The van der Waals surface area contributed by atoms with Gasteiger partial charge in [-0.3, -0.25) is 0 Å². The van der Waals surface area contributed by atoms with E-state index in [9.17, 15) is 0 Å². The van der Waals surface area contributed by atoms with E-state index in [1.54, 1.807) is 7.11 Å². The number of benzene rings is 1. The monoisotopic (exact) mass is 313 g/mol. The molecule has 0 radical (unpaired) electrons. The standard InChI is InChI=1S/C18H23N3O2/c1-5-15-12(2)19-13(3)20-18(15)21-10-14(11-21)23-17-9-7-6-8-16(17)22-4/h6-9,14H,5,10-11H2,1-4H3. The molecular formula is C18H23N3O2. The van der Waals surface area contributed by atoms with Crippen LogP contribution < -0.4 is 14.4 Å². The van der Waals surface area contributed by atoms with Gasteiger partial charge in [-0.2, -0.15) is 0 Å². The van der Waals surface area contributed by atoms with Gasteiger partial charge in [0.2, 0.25) is 0 Å². The molecule has 0 spiro atoms. The molecule has 0 bridgehead atoms. The molecule has 5 nitrogen and oxygen atoms in total. The lowest BCUT2D eigenvalue weighted by Crippen LogP contribution is -2.54. The minimum absolute atomic E-state index is 0.159. The molecule has 1 aromatic heterocycles. The van der Waals surface area contributed by atoms with Crippen LogP contribution in [0.5, 0.6) is 11.5 Å². The summed E-state index contributed by atoms with van der Waals surface area (Å²) < 4.78 is 11.4. The quantitative estimate of drug-likeness (QED) is 0.849. The number of hydrogen-bond acceptors (Lipinski definition) is 5. The molecule has 0 saturated carbocycles. The van der Waals surface area contributed by atoms with Crippen molar-refractivity contribution in [1.82, 2.24) is 9.97 Å². The summed E-state index contributed by atoms with van der Waals surface area (Å²) in [6.45, 7) is 7.81. The summed E-state index contributed by atoms with van der Waals surface area (Å²) in [5.41, 5.74) is 2.30. The van der Waals surface area contributed by atoms with Crippen LogP contribution in [0, 0.1) is 13.8 Å². The van der Waals surface area contributed by atoms with Crippen molar-refractivity contribution in [3.63, 3.8) is 0 Å². The first-order chi connectivity index (χ1) is 11.1. The van der Waals surface area contributed by atoms with E-state index in [1.807, 2.05) is 31.2 Å². The van der Waals surface area contributed by atoms with Crippen LogP contribution in [0.4, 0.5) is 5.82 Å². The van der Waals surface area contributed by atoms with E-state index >= 15 is 0 Å². The van der Waals surface area contributed by atoms with Crippen molar-refractivity contribution < 1.29 is 9.47 Å². The maximum absolute atomic E-state index is 6.05. The van der Waals surface area contributed by atoms with Crippen LogP contribution in [-0.2, 0) is 6.42 Å². The lowest BCUT2D eigenvalue weighted by molar-refractivity contribution is 0.160. The summed E-state index contributed by atoms with van der Waals surface area (Å²) in [5.74, 6) is 3.44. The summed E-state index contributed by atoms with van der Waals surface area (Å²) >= 11 is 0.